The number of aromatic nitrogens is 2. The molecule has 1 atom stereocenters. The number of carbonyl (C=O) groups is 1. The largest absolute Gasteiger partial charge is 0.306 e. The first-order valence-electron chi connectivity index (χ1n) is 7.36. The van der Waals surface area contributed by atoms with Gasteiger partial charge in [0.25, 0.3) is 0 Å². The van der Waals surface area contributed by atoms with Gasteiger partial charge in [-0.3, -0.25) is 9.69 Å². The van der Waals surface area contributed by atoms with Crippen molar-refractivity contribution in [3.63, 3.8) is 0 Å². The van der Waals surface area contributed by atoms with E-state index in [1.807, 2.05) is 22.7 Å². The third-order valence-corrected chi connectivity index (χ3v) is 4.19. The molecule has 0 bridgehead atoms. The van der Waals surface area contributed by atoms with E-state index in [1.165, 1.54) is 19.4 Å². The Hall–Kier alpha value is -1.68. The van der Waals surface area contributed by atoms with Gasteiger partial charge in [-0.2, -0.15) is 0 Å². The Kier molecular flexibility index (Phi) is 3.57. The lowest BCUT2D eigenvalue weighted by Gasteiger charge is -2.27. The maximum Gasteiger partial charge on any atom is 0.151 e. The maximum absolute atomic E-state index is 10.8. The first-order chi connectivity index (χ1) is 9.67. The summed E-state index contributed by atoms with van der Waals surface area (Å²) in [5, 5.41) is 0. The van der Waals surface area contributed by atoms with Gasteiger partial charge in [0.2, 0.25) is 0 Å². The van der Waals surface area contributed by atoms with Crippen molar-refractivity contribution in [2.75, 3.05) is 6.54 Å². The standard InChI is InChI=1S/C16H21N3O/c1-12(2)19-7-3-4-15(19)8-14-10-18-9-13(11-20)5-6-16(18)17-14/h5-6,9-12,15H,3-4,7-8H2,1-2H3. The van der Waals surface area contributed by atoms with Gasteiger partial charge in [0.1, 0.15) is 5.65 Å². The average Bonchev–Trinajstić information content (AvgIpc) is 3.03. The number of fused-ring (bicyclic) bond motifs is 1. The van der Waals surface area contributed by atoms with Crippen molar-refractivity contribution < 1.29 is 4.79 Å². The van der Waals surface area contributed by atoms with Crippen LogP contribution in [0.3, 0.4) is 0 Å². The lowest BCUT2D eigenvalue weighted by atomic mass is 10.1. The van der Waals surface area contributed by atoms with Crippen LogP contribution in [0.25, 0.3) is 5.65 Å². The van der Waals surface area contributed by atoms with Gasteiger partial charge in [0, 0.05) is 36.5 Å². The monoisotopic (exact) mass is 271 g/mol. The van der Waals surface area contributed by atoms with Crippen molar-refractivity contribution in [2.45, 2.75) is 45.2 Å². The molecule has 0 spiro atoms. The Balaban J connectivity index is 1.82. The second kappa shape index (κ2) is 5.37. The van der Waals surface area contributed by atoms with E-state index < -0.39 is 0 Å². The van der Waals surface area contributed by atoms with Crippen LogP contribution in [0.5, 0.6) is 0 Å². The van der Waals surface area contributed by atoms with Gasteiger partial charge < -0.3 is 4.40 Å². The highest BCUT2D eigenvalue weighted by atomic mass is 16.1. The number of hydrogen-bond acceptors (Lipinski definition) is 3. The first-order valence-corrected chi connectivity index (χ1v) is 7.36. The van der Waals surface area contributed by atoms with Crippen LogP contribution in [0.4, 0.5) is 0 Å². The molecule has 106 valence electrons. The Morgan fingerprint density at radius 3 is 3.00 bits per heavy atom. The molecular formula is C16H21N3O. The van der Waals surface area contributed by atoms with E-state index in [-0.39, 0.29) is 0 Å². The second-order valence-corrected chi connectivity index (χ2v) is 5.91. The molecule has 20 heavy (non-hydrogen) atoms. The summed E-state index contributed by atoms with van der Waals surface area (Å²) in [7, 11) is 0. The number of likely N-dealkylation sites (tertiary alicyclic amines) is 1. The van der Waals surface area contributed by atoms with Gasteiger partial charge in [-0.25, -0.2) is 4.98 Å². The number of rotatable bonds is 4. The van der Waals surface area contributed by atoms with E-state index in [0.29, 0.717) is 17.6 Å². The van der Waals surface area contributed by atoms with E-state index in [9.17, 15) is 4.79 Å². The van der Waals surface area contributed by atoms with Crippen molar-refractivity contribution in [3.8, 4) is 0 Å². The molecule has 1 aliphatic heterocycles. The zero-order valence-corrected chi connectivity index (χ0v) is 12.1. The summed E-state index contributed by atoms with van der Waals surface area (Å²) in [5.74, 6) is 0. The minimum absolute atomic E-state index is 0.598. The summed E-state index contributed by atoms with van der Waals surface area (Å²) in [6.07, 6.45) is 8.30. The molecular weight excluding hydrogens is 250 g/mol. The Morgan fingerprint density at radius 1 is 1.40 bits per heavy atom. The third-order valence-electron chi connectivity index (χ3n) is 4.19. The van der Waals surface area contributed by atoms with Crippen molar-refractivity contribution in [1.29, 1.82) is 0 Å². The number of carbonyl (C=O) groups excluding carboxylic acids is 1. The zero-order valence-electron chi connectivity index (χ0n) is 12.1. The van der Waals surface area contributed by atoms with Crippen LogP contribution >= 0.6 is 0 Å². The Bertz CT molecular complexity index is 617. The van der Waals surface area contributed by atoms with Gasteiger partial charge in [0.05, 0.1) is 5.69 Å². The summed E-state index contributed by atoms with van der Waals surface area (Å²) in [4.78, 5) is 18.0. The molecule has 0 N–H and O–H groups in total. The van der Waals surface area contributed by atoms with E-state index in [0.717, 1.165) is 24.0 Å². The summed E-state index contributed by atoms with van der Waals surface area (Å²) in [6, 6.07) is 4.92. The average molecular weight is 271 g/mol. The number of hydrogen-bond donors (Lipinski definition) is 0. The molecule has 4 heteroatoms. The first kappa shape index (κ1) is 13.3. The SMILES string of the molecule is CC(C)N1CCCC1Cc1cn2cc(C=O)ccc2n1. The minimum atomic E-state index is 0.598. The molecule has 1 unspecified atom stereocenters. The van der Waals surface area contributed by atoms with Crippen molar-refractivity contribution in [3.05, 3.63) is 35.8 Å². The molecule has 1 saturated heterocycles. The van der Waals surface area contributed by atoms with Crippen LogP contribution in [-0.4, -0.2) is 39.2 Å². The Morgan fingerprint density at radius 2 is 2.25 bits per heavy atom. The number of nitrogens with zero attached hydrogens (tertiary/aromatic N) is 3. The van der Waals surface area contributed by atoms with E-state index in [1.54, 1.807) is 0 Å². The van der Waals surface area contributed by atoms with Crippen molar-refractivity contribution >= 4 is 11.9 Å². The van der Waals surface area contributed by atoms with Crippen LogP contribution in [0.15, 0.2) is 24.5 Å². The predicted octanol–water partition coefficient (Wildman–Crippen LogP) is 2.56. The molecule has 1 aliphatic rings. The van der Waals surface area contributed by atoms with Gasteiger partial charge >= 0.3 is 0 Å². The van der Waals surface area contributed by atoms with Crippen molar-refractivity contribution in [2.24, 2.45) is 0 Å². The fourth-order valence-corrected chi connectivity index (χ4v) is 3.23. The highest BCUT2D eigenvalue weighted by Crippen LogP contribution is 2.23. The lowest BCUT2D eigenvalue weighted by molar-refractivity contribution is 0.112. The summed E-state index contributed by atoms with van der Waals surface area (Å²) >= 11 is 0. The fourth-order valence-electron chi connectivity index (χ4n) is 3.23. The smallest absolute Gasteiger partial charge is 0.151 e. The molecule has 2 aromatic rings. The molecule has 3 rings (SSSR count). The summed E-state index contributed by atoms with van der Waals surface area (Å²) in [5.41, 5.74) is 2.72. The van der Waals surface area contributed by atoms with E-state index >= 15 is 0 Å². The highest BCUT2D eigenvalue weighted by molar-refractivity contribution is 5.74. The maximum atomic E-state index is 10.8. The van der Waals surface area contributed by atoms with Gasteiger partial charge in [-0.05, 0) is 45.4 Å². The molecule has 2 aromatic heterocycles. The van der Waals surface area contributed by atoms with Crippen LogP contribution in [0.1, 0.15) is 42.7 Å². The molecule has 4 nitrogen and oxygen atoms in total. The molecule has 1 fully saturated rings. The van der Waals surface area contributed by atoms with Crippen molar-refractivity contribution in [1.82, 2.24) is 14.3 Å². The van der Waals surface area contributed by atoms with E-state index in [4.69, 9.17) is 0 Å². The summed E-state index contributed by atoms with van der Waals surface area (Å²) < 4.78 is 1.95. The highest BCUT2D eigenvalue weighted by Gasteiger charge is 2.27. The van der Waals surface area contributed by atoms with Gasteiger partial charge in [0.15, 0.2) is 6.29 Å². The second-order valence-electron chi connectivity index (χ2n) is 5.91. The minimum Gasteiger partial charge on any atom is -0.306 e. The normalized spacial score (nSPS) is 20.1. The van der Waals surface area contributed by atoms with Gasteiger partial charge in [-0.15, -0.1) is 0 Å². The predicted molar refractivity (Wildman–Crippen MR) is 79.1 cm³/mol. The molecule has 0 radical (unpaired) electrons. The number of imidazole rings is 1. The molecule has 0 saturated carbocycles. The number of pyridine rings is 1. The Labute approximate surface area is 119 Å². The topological polar surface area (TPSA) is 37.6 Å². The molecule has 0 aromatic carbocycles. The molecule has 0 amide bonds. The van der Waals surface area contributed by atoms with Crippen LogP contribution in [-0.2, 0) is 6.42 Å². The van der Waals surface area contributed by atoms with Crippen LogP contribution < -0.4 is 0 Å². The van der Waals surface area contributed by atoms with Gasteiger partial charge in [-0.1, -0.05) is 0 Å². The van der Waals surface area contributed by atoms with Crippen LogP contribution in [0.2, 0.25) is 0 Å². The zero-order chi connectivity index (χ0) is 14.1. The van der Waals surface area contributed by atoms with Crippen LogP contribution in [0, 0.1) is 0 Å². The molecule has 0 aliphatic carbocycles. The third kappa shape index (κ3) is 2.48. The fraction of sp³-hybridized carbons (Fsp3) is 0.500. The molecule has 3 heterocycles. The summed E-state index contributed by atoms with van der Waals surface area (Å²) in [6.45, 7) is 5.72. The lowest BCUT2D eigenvalue weighted by Crippen LogP contribution is -2.36. The quantitative estimate of drug-likeness (QED) is 0.802. The van der Waals surface area contributed by atoms with E-state index in [2.05, 4.69) is 29.9 Å². The number of aldehydes is 1.